The van der Waals surface area contributed by atoms with Crippen LogP contribution in [0.3, 0.4) is 0 Å². The van der Waals surface area contributed by atoms with Crippen molar-refractivity contribution in [1.82, 2.24) is 0 Å². The van der Waals surface area contributed by atoms with Crippen molar-refractivity contribution in [3.8, 4) is 22.6 Å². The van der Waals surface area contributed by atoms with Gasteiger partial charge in [0.25, 0.3) is 0 Å². The lowest BCUT2D eigenvalue weighted by Crippen LogP contribution is -2.50. The number of hydrogen-bond donors (Lipinski definition) is 3. The van der Waals surface area contributed by atoms with Gasteiger partial charge in [0.1, 0.15) is 17.0 Å². The van der Waals surface area contributed by atoms with E-state index >= 15 is 0 Å². The average Bonchev–Trinajstić information content (AvgIpc) is 3.39. The Morgan fingerprint density at radius 2 is 1.65 bits per heavy atom. The van der Waals surface area contributed by atoms with Crippen LogP contribution in [0.1, 0.15) is 48.1 Å². The lowest BCUT2D eigenvalue weighted by Gasteiger charge is -2.35. The Balaban J connectivity index is 1.50. The number of aliphatic hydroxyl groups excluding tert-OH is 1. The van der Waals surface area contributed by atoms with Crippen LogP contribution in [0.25, 0.3) is 11.1 Å². The zero-order chi connectivity index (χ0) is 28.3. The van der Waals surface area contributed by atoms with Crippen LogP contribution in [0.4, 0.5) is 5.69 Å². The Hall–Kier alpha value is -3.59. The Bertz CT molecular complexity index is 1310. The summed E-state index contributed by atoms with van der Waals surface area (Å²) in [6, 6.07) is 18.0. The molecule has 2 aliphatic rings. The first kappa shape index (κ1) is 28.0. The van der Waals surface area contributed by atoms with E-state index in [1.807, 2.05) is 30.3 Å². The zero-order valence-electron chi connectivity index (χ0n) is 23.2. The van der Waals surface area contributed by atoms with Gasteiger partial charge in [0.05, 0.1) is 38.6 Å². The molecule has 1 aliphatic carbocycles. The van der Waals surface area contributed by atoms with Gasteiger partial charge in [-0.2, -0.15) is 0 Å². The molecule has 1 unspecified atom stereocenters. The monoisotopic (exact) mass is 547 g/mol. The molecule has 0 amide bonds. The fraction of sp³-hybridized carbons (Fsp3) is 0.406. The van der Waals surface area contributed by atoms with E-state index in [1.165, 1.54) is 11.1 Å². The quantitative estimate of drug-likeness (QED) is 0.320. The van der Waals surface area contributed by atoms with Crippen LogP contribution < -0.4 is 14.8 Å². The fourth-order valence-corrected chi connectivity index (χ4v) is 5.81. The van der Waals surface area contributed by atoms with Crippen LogP contribution in [0.15, 0.2) is 54.6 Å². The number of methoxy groups -OCH3 is 2. The normalized spacial score (nSPS) is 17.2. The summed E-state index contributed by atoms with van der Waals surface area (Å²) in [5, 5.41) is 23.7. The molecule has 1 atom stereocenters. The lowest BCUT2D eigenvalue weighted by molar-refractivity contribution is -0.145. The minimum absolute atomic E-state index is 0.0596. The molecule has 0 spiro atoms. The number of aliphatic carboxylic acids is 1. The zero-order valence-corrected chi connectivity index (χ0v) is 23.2. The molecule has 8 heteroatoms. The number of aliphatic hydroxyl groups is 1. The predicted molar refractivity (Wildman–Crippen MR) is 152 cm³/mol. The van der Waals surface area contributed by atoms with E-state index in [1.54, 1.807) is 21.1 Å². The Morgan fingerprint density at radius 3 is 2.20 bits per heavy atom. The standard InChI is InChI=1S/C32H37NO7/c1-20(34)30-28(37-2)17-23(18-29(30)38-3)27-9-8-25(33-32(31(35)36)10-12-39-13-11-32)14-24(27)19-40-26-15-21-6-4-5-7-22(21)16-26/h4-9,14,17-18,20,26,33-34H,10-13,15-16,19H2,1-3H3,(H,35,36). The van der Waals surface area contributed by atoms with Crippen molar-refractivity contribution >= 4 is 11.7 Å². The third kappa shape index (κ3) is 5.66. The highest BCUT2D eigenvalue weighted by atomic mass is 16.5. The first-order valence-corrected chi connectivity index (χ1v) is 13.7. The number of carboxylic acid groups (broad SMARTS) is 1. The number of nitrogens with one attached hydrogen (secondary N) is 1. The van der Waals surface area contributed by atoms with E-state index in [9.17, 15) is 15.0 Å². The van der Waals surface area contributed by atoms with Gasteiger partial charge >= 0.3 is 5.97 Å². The first-order chi connectivity index (χ1) is 19.3. The largest absolute Gasteiger partial charge is 0.496 e. The molecule has 3 aromatic carbocycles. The Morgan fingerprint density at radius 1 is 1.02 bits per heavy atom. The molecule has 8 nitrogen and oxygen atoms in total. The van der Waals surface area contributed by atoms with E-state index in [2.05, 4.69) is 29.6 Å². The molecule has 0 saturated carbocycles. The number of benzene rings is 3. The second-order valence-electron chi connectivity index (χ2n) is 10.6. The maximum atomic E-state index is 12.3. The van der Waals surface area contributed by atoms with Crippen molar-refractivity contribution in [2.45, 2.75) is 57.0 Å². The molecule has 3 aromatic rings. The van der Waals surface area contributed by atoms with Crippen LogP contribution in [0.2, 0.25) is 0 Å². The van der Waals surface area contributed by atoms with Crippen LogP contribution >= 0.6 is 0 Å². The predicted octanol–water partition coefficient (Wildman–Crippen LogP) is 5.15. The summed E-state index contributed by atoms with van der Waals surface area (Å²) < 4.78 is 23.2. The second-order valence-corrected chi connectivity index (χ2v) is 10.6. The topological polar surface area (TPSA) is 106 Å². The molecular formula is C32H37NO7. The van der Waals surface area contributed by atoms with Crippen molar-refractivity contribution in [2.75, 3.05) is 32.8 Å². The van der Waals surface area contributed by atoms with Crippen molar-refractivity contribution in [2.24, 2.45) is 0 Å². The minimum atomic E-state index is -1.09. The van der Waals surface area contributed by atoms with Crippen LogP contribution in [-0.4, -0.2) is 55.3 Å². The maximum absolute atomic E-state index is 12.3. The molecule has 40 heavy (non-hydrogen) atoms. The van der Waals surface area contributed by atoms with Gasteiger partial charge in [0.2, 0.25) is 0 Å². The summed E-state index contributed by atoms with van der Waals surface area (Å²) >= 11 is 0. The SMILES string of the molecule is COc1cc(-c2ccc(NC3(C(=O)O)CCOCC3)cc2COC2Cc3ccccc3C2)cc(OC)c1C(C)O. The second kappa shape index (κ2) is 11.9. The molecule has 3 N–H and O–H groups in total. The minimum Gasteiger partial charge on any atom is -0.496 e. The molecular weight excluding hydrogens is 510 g/mol. The van der Waals surface area contributed by atoms with Crippen molar-refractivity contribution in [1.29, 1.82) is 0 Å². The van der Waals surface area contributed by atoms with Crippen molar-refractivity contribution in [3.63, 3.8) is 0 Å². The smallest absolute Gasteiger partial charge is 0.329 e. The molecule has 0 bridgehead atoms. The average molecular weight is 548 g/mol. The van der Waals surface area contributed by atoms with Gasteiger partial charge < -0.3 is 34.5 Å². The molecule has 1 saturated heterocycles. The summed E-state index contributed by atoms with van der Waals surface area (Å²) in [4.78, 5) is 12.3. The highest BCUT2D eigenvalue weighted by Gasteiger charge is 2.40. The van der Waals surface area contributed by atoms with Crippen LogP contribution in [0.5, 0.6) is 11.5 Å². The molecule has 0 aromatic heterocycles. The lowest BCUT2D eigenvalue weighted by atomic mass is 9.89. The molecule has 212 valence electrons. The number of rotatable bonds is 10. The summed E-state index contributed by atoms with van der Waals surface area (Å²) in [7, 11) is 3.14. The third-order valence-electron chi connectivity index (χ3n) is 8.01. The molecule has 1 aliphatic heterocycles. The number of carboxylic acids is 1. The highest BCUT2D eigenvalue weighted by molar-refractivity contribution is 5.83. The maximum Gasteiger partial charge on any atom is 0.329 e. The van der Waals surface area contributed by atoms with E-state index in [0.717, 1.165) is 29.5 Å². The highest BCUT2D eigenvalue weighted by Crippen LogP contribution is 2.41. The molecule has 0 radical (unpaired) electrons. The van der Waals surface area contributed by atoms with Gasteiger partial charge in [-0.05, 0) is 71.8 Å². The first-order valence-electron chi connectivity index (χ1n) is 13.7. The third-order valence-corrected chi connectivity index (χ3v) is 8.01. The van der Waals surface area contributed by atoms with E-state index in [0.29, 0.717) is 55.4 Å². The summed E-state index contributed by atoms with van der Waals surface area (Å²) in [5.41, 5.74) is 5.49. The number of ether oxygens (including phenoxy) is 4. The van der Waals surface area contributed by atoms with Crippen molar-refractivity contribution in [3.05, 3.63) is 76.9 Å². The van der Waals surface area contributed by atoms with Gasteiger partial charge in [-0.3, -0.25) is 0 Å². The number of carbonyl (C=O) groups is 1. The van der Waals surface area contributed by atoms with Crippen LogP contribution in [-0.2, 0) is 33.7 Å². The van der Waals surface area contributed by atoms with Gasteiger partial charge in [0.15, 0.2) is 0 Å². The van der Waals surface area contributed by atoms with Gasteiger partial charge in [-0.25, -0.2) is 4.79 Å². The van der Waals surface area contributed by atoms with E-state index < -0.39 is 17.6 Å². The van der Waals surface area contributed by atoms with Crippen molar-refractivity contribution < 1.29 is 34.0 Å². The summed E-state index contributed by atoms with van der Waals surface area (Å²) in [6.07, 6.45) is 1.76. The fourth-order valence-electron chi connectivity index (χ4n) is 5.81. The Kier molecular flexibility index (Phi) is 8.30. The summed E-state index contributed by atoms with van der Waals surface area (Å²) in [5.74, 6) is 0.165. The van der Waals surface area contributed by atoms with E-state index in [4.69, 9.17) is 18.9 Å². The number of fused-ring (bicyclic) bond motifs is 1. The molecule has 1 heterocycles. The van der Waals surface area contributed by atoms with Gasteiger partial charge in [-0.1, -0.05) is 30.3 Å². The van der Waals surface area contributed by atoms with Crippen LogP contribution in [0, 0.1) is 0 Å². The molecule has 1 fully saturated rings. The van der Waals surface area contributed by atoms with E-state index in [-0.39, 0.29) is 6.10 Å². The number of hydrogen-bond acceptors (Lipinski definition) is 7. The van der Waals surface area contributed by atoms with Gasteiger partial charge in [-0.15, -0.1) is 0 Å². The molecule has 5 rings (SSSR count). The summed E-state index contributed by atoms with van der Waals surface area (Å²) in [6.45, 7) is 2.80. The Labute approximate surface area is 234 Å². The number of anilines is 1. The van der Waals surface area contributed by atoms with Gasteiger partial charge in [0, 0.05) is 31.7 Å².